The first-order valence-electron chi connectivity index (χ1n) is 10.5. The van der Waals surface area contributed by atoms with Crippen LogP contribution in [0.5, 0.6) is 0 Å². The molecule has 2 aromatic rings. The zero-order chi connectivity index (χ0) is 21.1. The molecule has 0 radical (unpaired) electrons. The van der Waals surface area contributed by atoms with Crippen LogP contribution < -0.4 is 4.90 Å². The molecule has 0 N–H and O–H groups in total. The van der Waals surface area contributed by atoms with Crippen LogP contribution in [0.1, 0.15) is 46.6 Å². The number of thiazole rings is 1. The topological polar surface area (TPSA) is 53.5 Å². The van der Waals surface area contributed by atoms with Gasteiger partial charge < -0.3 is 4.90 Å². The number of piperidine rings is 1. The van der Waals surface area contributed by atoms with E-state index in [-0.39, 0.29) is 17.7 Å². The van der Waals surface area contributed by atoms with Crippen molar-refractivity contribution < 1.29 is 9.59 Å². The van der Waals surface area contributed by atoms with Gasteiger partial charge in [0.05, 0.1) is 11.6 Å². The van der Waals surface area contributed by atoms with Gasteiger partial charge in [-0.25, -0.2) is 4.98 Å². The molecule has 4 rings (SSSR count). The smallest absolute Gasteiger partial charge is 0.253 e. The number of aryl methyl sites for hydroxylation is 2. The summed E-state index contributed by atoms with van der Waals surface area (Å²) in [7, 11) is 0. The number of halogens is 1. The molecule has 30 heavy (non-hydrogen) atoms. The Morgan fingerprint density at radius 2 is 2.00 bits per heavy atom. The number of aromatic nitrogens is 1. The number of anilines is 1. The lowest BCUT2D eigenvalue weighted by Gasteiger charge is -2.34. The Hall–Kier alpha value is -2.18. The Labute approximate surface area is 186 Å². The minimum absolute atomic E-state index is 0.0367. The van der Waals surface area contributed by atoms with Gasteiger partial charge in [0, 0.05) is 35.1 Å². The zero-order valence-electron chi connectivity index (χ0n) is 17.0. The average molecular weight is 444 g/mol. The van der Waals surface area contributed by atoms with Gasteiger partial charge in [-0.2, -0.15) is 0 Å². The van der Waals surface area contributed by atoms with E-state index in [4.69, 9.17) is 16.6 Å². The predicted molar refractivity (Wildman–Crippen MR) is 121 cm³/mol. The summed E-state index contributed by atoms with van der Waals surface area (Å²) in [5, 5.41) is 1.37. The molecule has 0 saturated carbocycles. The number of benzene rings is 1. The quantitative estimate of drug-likeness (QED) is 0.627. The summed E-state index contributed by atoms with van der Waals surface area (Å²) in [5.74, 6) is -0.241. The molecule has 1 saturated heterocycles. The number of nitrogens with zero attached hydrogens (tertiary/aromatic N) is 3. The van der Waals surface area contributed by atoms with Crippen LogP contribution in [0.25, 0.3) is 0 Å². The lowest BCUT2D eigenvalue weighted by molar-refractivity contribution is -0.123. The Morgan fingerprint density at radius 1 is 1.23 bits per heavy atom. The molecule has 1 aliphatic heterocycles. The molecule has 0 spiro atoms. The van der Waals surface area contributed by atoms with Gasteiger partial charge in [-0.05, 0) is 62.8 Å². The van der Waals surface area contributed by atoms with Gasteiger partial charge in [0.25, 0.3) is 5.91 Å². The van der Waals surface area contributed by atoms with Crippen LogP contribution in [0.3, 0.4) is 0 Å². The van der Waals surface area contributed by atoms with E-state index in [0.717, 1.165) is 42.9 Å². The Morgan fingerprint density at radius 3 is 2.73 bits per heavy atom. The van der Waals surface area contributed by atoms with Crippen LogP contribution in [0.4, 0.5) is 5.13 Å². The summed E-state index contributed by atoms with van der Waals surface area (Å²) in [6.45, 7) is 5.36. The SMILES string of the molecule is C=CCN(C(=O)[C@@H]1CCCN(C(=O)c2ccc(Cl)cc2)C1)c1nc2c(s1)CCCC2. The Kier molecular flexibility index (Phi) is 6.54. The molecule has 1 atom stereocenters. The van der Waals surface area contributed by atoms with E-state index in [2.05, 4.69) is 6.58 Å². The van der Waals surface area contributed by atoms with Crippen molar-refractivity contribution in [2.24, 2.45) is 5.92 Å². The van der Waals surface area contributed by atoms with Gasteiger partial charge in [0.15, 0.2) is 5.13 Å². The minimum Gasteiger partial charge on any atom is -0.338 e. The fourth-order valence-electron chi connectivity index (χ4n) is 4.20. The minimum atomic E-state index is -0.226. The van der Waals surface area contributed by atoms with Gasteiger partial charge in [-0.1, -0.05) is 17.7 Å². The molecule has 1 fully saturated rings. The van der Waals surface area contributed by atoms with Crippen LogP contribution in [0.2, 0.25) is 5.02 Å². The Balaban J connectivity index is 1.50. The molecule has 2 aliphatic rings. The van der Waals surface area contributed by atoms with Gasteiger partial charge in [-0.15, -0.1) is 17.9 Å². The number of likely N-dealkylation sites (tertiary alicyclic amines) is 1. The molecule has 1 aromatic carbocycles. The van der Waals surface area contributed by atoms with Crippen molar-refractivity contribution in [3.63, 3.8) is 0 Å². The summed E-state index contributed by atoms with van der Waals surface area (Å²) in [6, 6.07) is 6.91. The molecular formula is C23H26ClN3O2S. The third-order valence-corrected chi connectivity index (χ3v) is 7.22. The molecule has 1 aromatic heterocycles. The van der Waals surface area contributed by atoms with Gasteiger partial charge in [0.2, 0.25) is 5.91 Å². The summed E-state index contributed by atoms with van der Waals surface area (Å²) in [4.78, 5) is 36.0. The number of amides is 2. The van der Waals surface area contributed by atoms with Gasteiger partial charge in [0.1, 0.15) is 0 Å². The van der Waals surface area contributed by atoms with E-state index < -0.39 is 0 Å². The van der Waals surface area contributed by atoms with E-state index in [9.17, 15) is 9.59 Å². The third-order valence-electron chi connectivity index (χ3n) is 5.79. The van der Waals surface area contributed by atoms with E-state index >= 15 is 0 Å². The fraction of sp³-hybridized carbons (Fsp3) is 0.435. The number of hydrogen-bond acceptors (Lipinski definition) is 4. The Bertz CT molecular complexity index is 917. The van der Waals surface area contributed by atoms with Crippen LogP contribution in [0.15, 0.2) is 36.9 Å². The average Bonchev–Trinajstić information content (AvgIpc) is 3.21. The lowest BCUT2D eigenvalue weighted by atomic mass is 9.96. The van der Waals surface area contributed by atoms with E-state index in [0.29, 0.717) is 30.2 Å². The summed E-state index contributed by atoms with van der Waals surface area (Å²) >= 11 is 7.57. The van der Waals surface area contributed by atoms with Crippen molar-refractivity contribution >= 4 is 39.9 Å². The maximum Gasteiger partial charge on any atom is 0.253 e. The fourth-order valence-corrected chi connectivity index (χ4v) is 5.49. The first-order chi connectivity index (χ1) is 14.6. The van der Waals surface area contributed by atoms with Gasteiger partial charge in [-0.3, -0.25) is 14.5 Å². The highest BCUT2D eigenvalue weighted by atomic mass is 35.5. The molecule has 7 heteroatoms. The van der Waals surface area contributed by atoms with Crippen molar-refractivity contribution in [1.29, 1.82) is 0 Å². The number of fused-ring (bicyclic) bond motifs is 1. The first kappa shape index (κ1) is 21.1. The summed E-state index contributed by atoms with van der Waals surface area (Å²) in [6.07, 6.45) is 7.74. The summed E-state index contributed by atoms with van der Waals surface area (Å²) < 4.78 is 0. The molecule has 0 bridgehead atoms. The number of carbonyl (C=O) groups is 2. The zero-order valence-corrected chi connectivity index (χ0v) is 18.6. The van der Waals surface area contributed by atoms with Crippen molar-refractivity contribution in [1.82, 2.24) is 9.88 Å². The number of rotatable bonds is 5. The summed E-state index contributed by atoms with van der Waals surface area (Å²) in [5.41, 5.74) is 1.74. The van der Waals surface area contributed by atoms with E-state index in [1.807, 2.05) is 0 Å². The molecule has 2 amide bonds. The first-order valence-corrected chi connectivity index (χ1v) is 11.7. The van der Waals surface area contributed by atoms with Crippen LogP contribution in [0, 0.1) is 5.92 Å². The second-order valence-corrected chi connectivity index (χ2v) is 9.41. The molecule has 1 aliphatic carbocycles. The monoisotopic (exact) mass is 443 g/mol. The maximum atomic E-state index is 13.4. The largest absolute Gasteiger partial charge is 0.338 e. The van der Waals surface area contributed by atoms with Crippen LogP contribution >= 0.6 is 22.9 Å². The van der Waals surface area contributed by atoms with Crippen molar-refractivity contribution in [3.8, 4) is 0 Å². The maximum absolute atomic E-state index is 13.4. The number of hydrogen-bond donors (Lipinski definition) is 0. The number of carbonyl (C=O) groups excluding carboxylic acids is 2. The van der Waals surface area contributed by atoms with E-state index in [1.54, 1.807) is 51.5 Å². The third kappa shape index (κ3) is 4.44. The standard InChI is InChI=1S/C23H26ClN3O2S/c1-2-13-27(23-25-19-7-3-4-8-20(19)30-23)22(29)17-6-5-14-26(15-17)21(28)16-9-11-18(24)12-10-16/h2,9-12,17H,1,3-8,13-15H2/t17-/m1/s1. The highest BCUT2D eigenvalue weighted by molar-refractivity contribution is 7.16. The van der Waals surface area contributed by atoms with Crippen molar-refractivity contribution in [3.05, 3.63) is 58.1 Å². The predicted octanol–water partition coefficient (Wildman–Crippen LogP) is 4.75. The lowest BCUT2D eigenvalue weighted by Crippen LogP contribution is -2.47. The van der Waals surface area contributed by atoms with Gasteiger partial charge >= 0.3 is 0 Å². The highest BCUT2D eigenvalue weighted by Crippen LogP contribution is 2.33. The van der Waals surface area contributed by atoms with Crippen LogP contribution in [-0.4, -0.2) is 41.3 Å². The van der Waals surface area contributed by atoms with Crippen molar-refractivity contribution in [2.45, 2.75) is 38.5 Å². The highest BCUT2D eigenvalue weighted by Gasteiger charge is 2.33. The van der Waals surface area contributed by atoms with Crippen molar-refractivity contribution in [2.75, 3.05) is 24.5 Å². The molecule has 0 unspecified atom stereocenters. The van der Waals surface area contributed by atoms with Crippen LogP contribution in [-0.2, 0) is 17.6 Å². The molecular weight excluding hydrogens is 418 g/mol. The molecule has 5 nitrogen and oxygen atoms in total. The second kappa shape index (κ2) is 9.31. The second-order valence-electron chi connectivity index (χ2n) is 7.91. The molecule has 158 valence electrons. The normalized spacial score (nSPS) is 18.6. The van der Waals surface area contributed by atoms with E-state index in [1.165, 1.54) is 11.3 Å². The molecule has 2 heterocycles.